The number of amides is 2. The summed E-state index contributed by atoms with van der Waals surface area (Å²) in [6.07, 6.45) is -0.0740. The highest BCUT2D eigenvalue weighted by Crippen LogP contribution is 2.13. The summed E-state index contributed by atoms with van der Waals surface area (Å²) < 4.78 is 18.8. The van der Waals surface area contributed by atoms with Crippen LogP contribution in [0.1, 0.15) is 23.6 Å². The van der Waals surface area contributed by atoms with Crippen molar-refractivity contribution >= 4 is 17.8 Å². The fourth-order valence-corrected chi connectivity index (χ4v) is 2.97. The molecule has 0 saturated heterocycles. The zero-order chi connectivity index (χ0) is 22.1. The number of nitrogens with one attached hydrogen (secondary N) is 2. The standard InChI is InChI=1S/C22H22FN3O4/c1-14(27)25-19(12-16-8-5-6-10-18(16)23)21(28)26-20(22(29)30-2)11-15-7-3-4-9-17(15)13-24/h3-10,19-20H,11-12H2,1-2H3,(H,25,27)(H,26,28)/t19-,20+/m0/s1. The number of hydrogen-bond donors (Lipinski definition) is 2. The fraction of sp³-hybridized carbons (Fsp3) is 0.273. The highest BCUT2D eigenvalue weighted by atomic mass is 19.1. The SMILES string of the molecule is COC(=O)[C@@H](Cc1ccccc1C#N)NC(=O)[C@H](Cc1ccccc1F)NC(C)=O. The van der Waals surface area contributed by atoms with Gasteiger partial charge in [-0.1, -0.05) is 36.4 Å². The molecule has 0 heterocycles. The Morgan fingerprint density at radius 1 is 1.00 bits per heavy atom. The second-order valence-electron chi connectivity index (χ2n) is 6.61. The van der Waals surface area contributed by atoms with Crippen molar-refractivity contribution in [1.82, 2.24) is 10.6 Å². The number of carbonyl (C=O) groups is 3. The molecular formula is C22H22FN3O4. The van der Waals surface area contributed by atoms with Gasteiger partial charge in [0.15, 0.2) is 0 Å². The predicted molar refractivity (Wildman–Crippen MR) is 107 cm³/mol. The summed E-state index contributed by atoms with van der Waals surface area (Å²) in [5.41, 5.74) is 1.17. The van der Waals surface area contributed by atoms with E-state index in [0.717, 1.165) is 0 Å². The van der Waals surface area contributed by atoms with Crippen LogP contribution >= 0.6 is 0 Å². The molecule has 7 nitrogen and oxygen atoms in total. The quantitative estimate of drug-likeness (QED) is 0.642. The number of nitriles is 1. The van der Waals surface area contributed by atoms with Crippen molar-refractivity contribution in [2.45, 2.75) is 31.8 Å². The molecule has 0 fully saturated rings. The maximum absolute atomic E-state index is 14.0. The lowest BCUT2D eigenvalue weighted by Gasteiger charge is -2.22. The number of halogens is 1. The maximum atomic E-state index is 14.0. The number of benzene rings is 2. The molecule has 0 spiro atoms. The Labute approximate surface area is 173 Å². The van der Waals surface area contributed by atoms with Gasteiger partial charge >= 0.3 is 5.97 Å². The fourth-order valence-electron chi connectivity index (χ4n) is 2.97. The normalized spacial score (nSPS) is 12.2. The van der Waals surface area contributed by atoms with Gasteiger partial charge in [-0.3, -0.25) is 9.59 Å². The third-order valence-electron chi connectivity index (χ3n) is 4.44. The molecule has 0 unspecified atom stereocenters. The van der Waals surface area contributed by atoms with Crippen molar-refractivity contribution in [2.24, 2.45) is 0 Å². The summed E-state index contributed by atoms with van der Waals surface area (Å²) >= 11 is 0. The average molecular weight is 411 g/mol. The van der Waals surface area contributed by atoms with Crippen LogP contribution < -0.4 is 10.6 Å². The highest BCUT2D eigenvalue weighted by molar-refractivity contribution is 5.90. The molecule has 2 amide bonds. The van der Waals surface area contributed by atoms with E-state index in [-0.39, 0.29) is 18.4 Å². The van der Waals surface area contributed by atoms with Crippen molar-refractivity contribution in [3.05, 3.63) is 71.0 Å². The van der Waals surface area contributed by atoms with Gasteiger partial charge in [-0.05, 0) is 23.3 Å². The van der Waals surface area contributed by atoms with Crippen molar-refractivity contribution < 1.29 is 23.5 Å². The lowest BCUT2D eigenvalue weighted by atomic mass is 9.99. The van der Waals surface area contributed by atoms with E-state index in [2.05, 4.69) is 10.6 Å². The number of esters is 1. The van der Waals surface area contributed by atoms with Crippen molar-refractivity contribution in [3.8, 4) is 6.07 Å². The Kier molecular flexibility index (Phi) is 8.06. The van der Waals surface area contributed by atoms with E-state index in [1.807, 2.05) is 6.07 Å². The third kappa shape index (κ3) is 6.14. The number of rotatable bonds is 8. The summed E-state index contributed by atoms with van der Waals surface area (Å²) in [6, 6.07) is 12.4. The van der Waals surface area contributed by atoms with Crippen LogP contribution in [0.15, 0.2) is 48.5 Å². The molecule has 2 N–H and O–H groups in total. The minimum Gasteiger partial charge on any atom is -0.467 e. The third-order valence-corrected chi connectivity index (χ3v) is 4.44. The van der Waals surface area contributed by atoms with Crippen LogP contribution in [0.5, 0.6) is 0 Å². The Hall–Kier alpha value is -3.73. The summed E-state index contributed by atoms with van der Waals surface area (Å²) in [5, 5.41) is 14.3. The number of nitrogens with zero attached hydrogens (tertiary/aromatic N) is 1. The number of hydrogen-bond acceptors (Lipinski definition) is 5. The molecule has 0 aromatic heterocycles. The average Bonchev–Trinajstić information content (AvgIpc) is 2.73. The minimum atomic E-state index is -1.10. The van der Waals surface area contributed by atoms with Crippen LogP contribution in [0.25, 0.3) is 0 Å². The first kappa shape index (κ1) is 22.6. The van der Waals surface area contributed by atoms with Gasteiger partial charge in [0.2, 0.25) is 11.8 Å². The predicted octanol–water partition coefficient (Wildman–Crippen LogP) is 1.65. The Morgan fingerprint density at radius 3 is 2.20 bits per heavy atom. The molecule has 0 aliphatic rings. The lowest BCUT2D eigenvalue weighted by Crippen LogP contribution is -2.53. The molecule has 2 atom stereocenters. The maximum Gasteiger partial charge on any atom is 0.328 e. The Bertz CT molecular complexity index is 971. The van der Waals surface area contributed by atoms with E-state index in [4.69, 9.17) is 4.74 Å². The molecule has 8 heteroatoms. The Morgan fingerprint density at radius 2 is 1.60 bits per heavy atom. The smallest absolute Gasteiger partial charge is 0.328 e. The van der Waals surface area contributed by atoms with E-state index >= 15 is 0 Å². The van der Waals surface area contributed by atoms with Gasteiger partial charge < -0.3 is 15.4 Å². The van der Waals surface area contributed by atoms with Crippen LogP contribution in [0.4, 0.5) is 4.39 Å². The highest BCUT2D eigenvalue weighted by Gasteiger charge is 2.28. The molecular weight excluding hydrogens is 389 g/mol. The van der Waals surface area contributed by atoms with Gasteiger partial charge in [0, 0.05) is 19.8 Å². The van der Waals surface area contributed by atoms with Crippen molar-refractivity contribution in [3.63, 3.8) is 0 Å². The topological polar surface area (TPSA) is 108 Å². The molecule has 0 bridgehead atoms. The second-order valence-corrected chi connectivity index (χ2v) is 6.61. The molecule has 30 heavy (non-hydrogen) atoms. The number of carbonyl (C=O) groups excluding carboxylic acids is 3. The summed E-state index contributed by atoms with van der Waals surface area (Å²) in [7, 11) is 1.18. The second kappa shape index (κ2) is 10.7. The van der Waals surface area contributed by atoms with Crippen molar-refractivity contribution in [2.75, 3.05) is 7.11 Å². The molecule has 0 aliphatic carbocycles. The van der Waals surface area contributed by atoms with Crippen LogP contribution in [0, 0.1) is 17.1 Å². The summed E-state index contributed by atoms with van der Waals surface area (Å²) in [6.45, 7) is 1.24. The molecule has 2 aromatic rings. The van der Waals surface area contributed by atoms with Gasteiger partial charge in [0.05, 0.1) is 18.7 Å². The summed E-state index contributed by atoms with van der Waals surface area (Å²) in [5.74, 6) is -2.36. The molecule has 156 valence electrons. The number of methoxy groups -OCH3 is 1. The zero-order valence-corrected chi connectivity index (χ0v) is 16.6. The lowest BCUT2D eigenvalue weighted by molar-refractivity contribution is -0.145. The molecule has 0 radical (unpaired) electrons. The minimum absolute atomic E-state index is 0.0225. The van der Waals surface area contributed by atoms with Gasteiger partial charge in [0.25, 0.3) is 0 Å². The zero-order valence-electron chi connectivity index (χ0n) is 16.6. The first-order chi connectivity index (χ1) is 14.3. The van der Waals surface area contributed by atoms with Crippen LogP contribution in [-0.4, -0.2) is 37.0 Å². The molecule has 0 saturated carbocycles. The van der Waals surface area contributed by atoms with E-state index in [9.17, 15) is 24.0 Å². The molecule has 2 aromatic carbocycles. The van der Waals surface area contributed by atoms with E-state index < -0.39 is 35.7 Å². The van der Waals surface area contributed by atoms with Gasteiger partial charge in [-0.15, -0.1) is 0 Å². The van der Waals surface area contributed by atoms with E-state index in [1.54, 1.807) is 30.3 Å². The van der Waals surface area contributed by atoms with Crippen LogP contribution in [0.3, 0.4) is 0 Å². The number of ether oxygens (including phenoxy) is 1. The van der Waals surface area contributed by atoms with Crippen LogP contribution in [-0.2, 0) is 32.0 Å². The molecule has 0 aliphatic heterocycles. The first-order valence-electron chi connectivity index (χ1n) is 9.22. The van der Waals surface area contributed by atoms with E-state index in [1.165, 1.54) is 32.2 Å². The molecule has 2 rings (SSSR count). The van der Waals surface area contributed by atoms with Crippen LogP contribution in [0.2, 0.25) is 0 Å². The largest absolute Gasteiger partial charge is 0.467 e. The van der Waals surface area contributed by atoms with Gasteiger partial charge in [-0.2, -0.15) is 5.26 Å². The van der Waals surface area contributed by atoms with Gasteiger partial charge in [-0.25, -0.2) is 9.18 Å². The summed E-state index contributed by atoms with van der Waals surface area (Å²) in [4.78, 5) is 36.7. The van der Waals surface area contributed by atoms with E-state index in [0.29, 0.717) is 11.1 Å². The Balaban J connectivity index is 2.23. The van der Waals surface area contributed by atoms with Gasteiger partial charge in [0.1, 0.15) is 17.9 Å². The first-order valence-corrected chi connectivity index (χ1v) is 9.22. The van der Waals surface area contributed by atoms with Crippen molar-refractivity contribution in [1.29, 1.82) is 5.26 Å². The monoisotopic (exact) mass is 411 g/mol.